The minimum Gasteiger partial charge on any atom is -0.376 e. The summed E-state index contributed by atoms with van der Waals surface area (Å²) in [5.41, 5.74) is 0. The van der Waals surface area contributed by atoms with E-state index >= 15 is 0 Å². The third-order valence-electron chi connectivity index (χ3n) is 3.37. The monoisotopic (exact) mass is 316 g/mol. The van der Waals surface area contributed by atoms with Gasteiger partial charge in [-0.05, 0) is 31.5 Å². The molecule has 6 heteroatoms. The molecule has 2 heterocycles. The summed E-state index contributed by atoms with van der Waals surface area (Å²) in [6, 6.07) is 3.91. The Morgan fingerprint density at radius 2 is 2.45 bits per heavy atom. The van der Waals surface area contributed by atoms with Crippen molar-refractivity contribution in [3.05, 3.63) is 21.3 Å². The van der Waals surface area contributed by atoms with E-state index < -0.39 is 0 Å². The summed E-state index contributed by atoms with van der Waals surface area (Å²) in [6.45, 7) is 5.52. The van der Waals surface area contributed by atoms with E-state index in [0.717, 1.165) is 36.9 Å². The van der Waals surface area contributed by atoms with Crippen molar-refractivity contribution in [2.75, 3.05) is 26.2 Å². The van der Waals surface area contributed by atoms with Crippen molar-refractivity contribution in [3.8, 4) is 0 Å². The summed E-state index contributed by atoms with van der Waals surface area (Å²) < 4.78 is 6.28. The molecule has 2 rings (SSSR count). The number of hydrogen-bond donors (Lipinski definition) is 1. The second-order valence-corrected chi connectivity index (χ2v) is 6.75. The van der Waals surface area contributed by atoms with Crippen LogP contribution in [0.25, 0.3) is 0 Å². The predicted molar refractivity (Wildman–Crippen MR) is 82.3 cm³/mol. The topological polar surface area (TPSA) is 41.6 Å². The van der Waals surface area contributed by atoms with Gasteiger partial charge in [0.15, 0.2) is 0 Å². The van der Waals surface area contributed by atoms with Crippen LogP contribution in [0.1, 0.15) is 24.6 Å². The fourth-order valence-electron chi connectivity index (χ4n) is 2.23. The lowest BCUT2D eigenvalue weighted by atomic mass is 10.2. The summed E-state index contributed by atoms with van der Waals surface area (Å²) in [5, 5.41) is 2.95. The maximum Gasteiger partial charge on any atom is 0.234 e. The second-order valence-electron chi connectivity index (χ2n) is 4.95. The van der Waals surface area contributed by atoms with E-state index in [4.69, 9.17) is 16.3 Å². The molecule has 1 aliphatic rings. The van der Waals surface area contributed by atoms with E-state index in [1.54, 1.807) is 11.3 Å². The smallest absolute Gasteiger partial charge is 0.234 e. The number of amides is 1. The number of nitrogens with zero attached hydrogens (tertiary/aromatic N) is 1. The fraction of sp³-hybridized carbons (Fsp3) is 0.643. The van der Waals surface area contributed by atoms with Crippen LogP contribution < -0.4 is 5.32 Å². The lowest BCUT2D eigenvalue weighted by Crippen LogP contribution is -2.39. The molecule has 1 saturated heterocycles. The number of likely N-dealkylation sites (N-methyl/N-ethyl adjacent to an activating group) is 1. The maximum atomic E-state index is 11.9. The Hall–Kier alpha value is -0.620. The zero-order chi connectivity index (χ0) is 14.4. The van der Waals surface area contributed by atoms with Gasteiger partial charge in [0.1, 0.15) is 0 Å². The van der Waals surface area contributed by atoms with Gasteiger partial charge in [0.2, 0.25) is 5.91 Å². The quantitative estimate of drug-likeness (QED) is 0.840. The molecule has 1 atom stereocenters. The third kappa shape index (κ3) is 5.05. The molecule has 0 aromatic carbocycles. The molecular formula is C14H21ClN2O2S. The standard InChI is InChI=1S/C14H21ClN2O2S/c1-2-17(9-12-5-6-13(15)20-12)10-14(18)16-8-11-4-3-7-19-11/h5-6,11H,2-4,7-10H2,1H3,(H,16,18). The fourth-order valence-corrected chi connectivity index (χ4v) is 3.36. The van der Waals surface area contributed by atoms with E-state index in [2.05, 4.69) is 17.1 Å². The summed E-state index contributed by atoms with van der Waals surface area (Å²) in [4.78, 5) is 15.2. The van der Waals surface area contributed by atoms with Gasteiger partial charge in [-0.15, -0.1) is 11.3 Å². The molecule has 0 spiro atoms. The Kier molecular flexibility index (Phi) is 6.29. The summed E-state index contributed by atoms with van der Waals surface area (Å²) in [5.74, 6) is 0.0602. The predicted octanol–water partition coefficient (Wildman–Crippen LogP) is 2.52. The second kappa shape index (κ2) is 7.98. The number of carbonyl (C=O) groups excluding carboxylic acids is 1. The average molecular weight is 317 g/mol. The van der Waals surface area contributed by atoms with Crippen LogP contribution in [-0.2, 0) is 16.1 Å². The third-order valence-corrected chi connectivity index (χ3v) is 4.59. The molecule has 1 aliphatic heterocycles. The molecule has 1 unspecified atom stereocenters. The van der Waals surface area contributed by atoms with Crippen molar-refractivity contribution in [2.45, 2.75) is 32.4 Å². The first-order chi connectivity index (χ1) is 9.67. The molecule has 1 fully saturated rings. The van der Waals surface area contributed by atoms with Gasteiger partial charge in [-0.1, -0.05) is 18.5 Å². The molecule has 0 radical (unpaired) electrons. The minimum absolute atomic E-state index is 0.0602. The van der Waals surface area contributed by atoms with Gasteiger partial charge in [0.25, 0.3) is 0 Å². The first-order valence-electron chi connectivity index (χ1n) is 7.02. The highest BCUT2D eigenvalue weighted by atomic mass is 35.5. The van der Waals surface area contributed by atoms with E-state index in [1.807, 2.05) is 12.1 Å². The molecule has 1 aromatic heterocycles. The molecule has 1 aromatic rings. The molecular weight excluding hydrogens is 296 g/mol. The highest BCUT2D eigenvalue weighted by molar-refractivity contribution is 7.16. The Labute approximate surface area is 129 Å². The van der Waals surface area contributed by atoms with Gasteiger partial charge in [0, 0.05) is 24.6 Å². The van der Waals surface area contributed by atoms with Crippen LogP contribution in [0.15, 0.2) is 12.1 Å². The number of ether oxygens (including phenoxy) is 1. The number of halogens is 1. The van der Waals surface area contributed by atoms with Crippen molar-refractivity contribution < 1.29 is 9.53 Å². The lowest BCUT2D eigenvalue weighted by Gasteiger charge is -2.19. The normalized spacial score (nSPS) is 18.6. The number of hydrogen-bond acceptors (Lipinski definition) is 4. The van der Waals surface area contributed by atoms with E-state index in [9.17, 15) is 4.79 Å². The zero-order valence-corrected chi connectivity index (χ0v) is 13.3. The SMILES string of the molecule is CCN(CC(=O)NCC1CCCO1)Cc1ccc(Cl)s1. The Morgan fingerprint density at radius 1 is 1.60 bits per heavy atom. The van der Waals surface area contributed by atoms with Gasteiger partial charge in [0.05, 0.1) is 17.0 Å². The van der Waals surface area contributed by atoms with Crippen molar-refractivity contribution in [1.82, 2.24) is 10.2 Å². The molecule has 0 aliphatic carbocycles. The van der Waals surface area contributed by atoms with E-state index in [1.165, 1.54) is 4.88 Å². The highest BCUT2D eigenvalue weighted by Gasteiger charge is 2.17. The van der Waals surface area contributed by atoms with Crippen molar-refractivity contribution >= 4 is 28.8 Å². The first-order valence-corrected chi connectivity index (χ1v) is 8.21. The van der Waals surface area contributed by atoms with Crippen LogP contribution in [-0.4, -0.2) is 43.2 Å². The molecule has 0 saturated carbocycles. The Morgan fingerprint density at radius 3 is 3.05 bits per heavy atom. The number of rotatable bonds is 7. The van der Waals surface area contributed by atoms with E-state index in [-0.39, 0.29) is 12.0 Å². The van der Waals surface area contributed by atoms with Crippen LogP contribution in [0.4, 0.5) is 0 Å². The molecule has 1 N–H and O–H groups in total. The molecule has 20 heavy (non-hydrogen) atoms. The molecule has 4 nitrogen and oxygen atoms in total. The van der Waals surface area contributed by atoms with Crippen LogP contribution >= 0.6 is 22.9 Å². The molecule has 112 valence electrons. The van der Waals surface area contributed by atoms with Gasteiger partial charge in [-0.3, -0.25) is 9.69 Å². The van der Waals surface area contributed by atoms with E-state index in [0.29, 0.717) is 13.1 Å². The van der Waals surface area contributed by atoms with Crippen LogP contribution in [0.3, 0.4) is 0 Å². The van der Waals surface area contributed by atoms with Crippen LogP contribution in [0.5, 0.6) is 0 Å². The number of nitrogens with one attached hydrogen (secondary N) is 1. The molecule has 1 amide bonds. The largest absolute Gasteiger partial charge is 0.376 e. The summed E-state index contributed by atoms with van der Waals surface area (Å²) in [7, 11) is 0. The lowest BCUT2D eigenvalue weighted by molar-refractivity contribution is -0.122. The Bertz CT molecular complexity index is 433. The van der Waals surface area contributed by atoms with Crippen molar-refractivity contribution in [2.24, 2.45) is 0 Å². The first kappa shape index (κ1) is 15.8. The van der Waals surface area contributed by atoms with Crippen molar-refractivity contribution in [1.29, 1.82) is 0 Å². The minimum atomic E-state index is 0.0602. The maximum absolute atomic E-state index is 11.9. The van der Waals surface area contributed by atoms with Gasteiger partial charge >= 0.3 is 0 Å². The van der Waals surface area contributed by atoms with Gasteiger partial charge in [-0.25, -0.2) is 0 Å². The summed E-state index contributed by atoms with van der Waals surface area (Å²) in [6.07, 6.45) is 2.34. The Balaban J connectivity index is 1.72. The number of thiophene rings is 1. The van der Waals surface area contributed by atoms with Gasteiger partial charge in [-0.2, -0.15) is 0 Å². The highest BCUT2D eigenvalue weighted by Crippen LogP contribution is 2.22. The van der Waals surface area contributed by atoms with Gasteiger partial charge < -0.3 is 10.1 Å². The summed E-state index contributed by atoms with van der Waals surface area (Å²) >= 11 is 7.49. The number of carbonyl (C=O) groups is 1. The molecule has 0 bridgehead atoms. The average Bonchev–Trinajstić information content (AvgIpc) is 3.07. The van der Waals surface area contributed by atoms with Crippen LogP contribution in [0, 0.1) is 0 Å². The van der Waals surface area contributed by atoms with Crippen molar-refractivity contribution in [3.63, 3.8) is 0 Å². The zero-order valence-electron chi connectivity index (χ0n) is 11.7. The van der Waals surface area contributed by atoms with Crippen LogP contribution in [0.2, 0.25) is 4.34 Å².